The Balaban J connectivity index is 1.69. The molecule has 0 unspecified atom stereocenters. The normalized spacial score (nSPS) is 10.9. The molecule has 10 nitrogen and oxygen atoms in total. The molecule has 3 aromatic rings. The minimum Gasteiger partial charge on any atom is -0.480 e. The van der Waals surface area contributed by atoms with Gasteiger partial charge in [0.2, 0.25) is 5.91 Å². The van der Waals surface area contributed by atoms with E-state index >= 15 is 0 Å². The number of hydrogen-bond donors (Lipinski definition) is 2. The number of sulfonamides is 1. The molecule has 12 heteroatoms. The summed E-state index contributed by atoms with van der Waals surface area (Å²) in [6.45, 7) is -1.12. The zero-order chi connectivity index (χ0) is 27.0. The van der Waals surface area contributed by atoms with Crippen LogP contribution in [0.2, 0.25) is 5.02 Å². The molecule has 0 saturated heterocycles. The van der Waals surface area contributed by atoms with Gasteiger partial charge in [0, 0.05) is 17.8 Å². The number of carbonyl (C=O) groups excluding carboxylic acids is 2. The lowest BCUT2D eigenvalue weighted by atomic mass is 10.2. The van der Waals surface area contributed by atoms with E-state index in [1.54, 1.807) is 12.1 Å². The number of benzene rings is 3. The van der Waals surface area contributed by atoms with Gasteiger partial charge < -0.3 is 20.1 Å². The highest BCUT2D eigenvalue weighted by Gasteiger charge is 2.27. The number of carbonyl (C=O) groups is 3. The fourth-order valence-electron chi connectivity index (χ4n) is 3.22. The highest BCUT2D eigenvalue weighted by Crippen LogP contribution is 2.26. The van der Waals surface area contributed by atoms with Crippen molar-refractivity contribution in [2.24, 2.45) is 0 Å². The van der Waals surface area contributed by atoms with Gasteiger partial charge in [-0.1, -0.05) is 48.0 Å². The number of aliphatic carboxylic acids is 1. The molecule has 3 rings (SSSR count). The van der Waals surface area contributed by atoms with Crippen LogP contribution in [0.4, 0.5) is 16.2 Å². The summed E-state index contributed by atoms with van der Waals surface area (Å²) in [6, 6.07) is 20.1. The maximum absolute atomic E-state index is 13.3. The van der Waals surface area contributed by atoms with Crippen LogP contribution in [0.15, 0.2) is 83.8 Å². The molecule has 2 amide bonds. The first-order valence-corrected chi connectivity index (χ1v) is 12.7. The minimum atomic E-state index is -4.32. The van der Waals surface area contributed by atoms with Crippen molar-refractivity contribution in [1.82, 2.24) is 4.90 Å². The molecule has 0 radical (unpaired) electrons. The van der Waals surface area contributed by atoms with Gasteiger partial charge in [0.15, 0.2) is 0 Å². The van der Waals surface area contributed by atoms with E-state index < -0.39 is 34.5 Å². The number of nitrogens with zero attached hydrogens (tertiary/aromatic N) is 2. The van der Waals surface area contributed by atoms with Crippen molar-refractivity contribution < 1.29 is 32.6 Å². The Morgan fingerprint density at radius 2 is 1.62 bits per heavy atom. The number of amides is 2. The van der Waals surface area contributed by atoms with Gasteiger partial charge in [-0.25, -0.2) is 13.2 Å². The van der Waals surface area contributed by atoms with Crippen LogP contribution in [-0.2, 0) is 31.0 Å². The average molecular weight is 546 g/mol. The number of carboxylic acid groups (broad SMARTS) is 1. The fraction of sp³-hybridized carbons (Fsp3) is 0.160. The van der Waals surface area contributed by atoms with Crippen LogP contribution in [0, 0.1) is 0 Å². The van der Waals surface area contributed by atoms with Crippen LogP contribution in [0.3, 0.4) is 0 Å². The third-order valence-electron chi connectivity index (χ3n) is 5.00. The Morgan fingerprint density at radius 1 is 0.946 bits per heavy atom. The second kappa shape index (κ2) is 12.2. The van der Waals surface area contributed by atoms with Crippen LogP contribution in [-0.4, -0.2) is 56.5 Å². The first-order chi connectivity index (χ1) is 17.6. The van der Waals surface area contributed by atoms with Gasteiger partial charge in [-0.2, -0.15) is 0 Å². The average Bonchev–Trinajstić information content (AvgIpc) is 2.87. The maximum atomic E-state index is 13.3. The molecule has 0 spiro atoms. The summed E-state index contributed by atoms with van der Waals surface area (Å²) in [5, 5.41) is 12.2. The standard InChI is InChI=1S/C25H24ClN3O7S/c1-28(25(33)36-17-18-6-3-2-4-7-18)15-23(30)27-20-8-5-9-22(14-20)37(34,35)29(16-24(31)32)21-12-10-19(26)11-13-21/h2-14H,15-17H2,1H3,(H,27,30)(H,31,32). The molecule has 0 saturated carbocycles. The van der Waals surface area contributed by atoms with Crippen molar-refractivity contribution >= 4 is 51.0 Å². The van der Waals surface area contributed by atoms with Crippen LogP contribution in [0.1, 0.15) is 5.56 Å². The molecule has 0 aliphatic carbocycles. The summed E-state index contributed by atoms with van der Waals surface area (Å²) in [5.41, 5.74) is 1.04. The van der Waals surface area contributed by atoms with E-state index in [1.807, 2.05) is 18.2 Å². The van der Waals surface area contributed by atoms with Crippen molar-refractivity contribution in [3.63, 3.8) is 0 Å². The number of ether oxygens (including phenoxy) is 1. The van der Waals surface area contributed by atoms with Gasteiger partial charge >= 0.3 is 12.1 Å². The number of nitrogens with one attached hydrogen (secondary N) is 1. The summed E-state index contributed by atoms with van der Waals surface area (Å²) in [6.07, 6.45) is -0.706. The number of carboxylic acids is 1. The van der Waals surface area contributed by atoms with Gasteiger partial charge in [-0.05, 0) is 48.0 Å². The van der Waals surface area contributed by atoms with E-state index in [4.69, 9.17) is 16.3 Å². The molecule has 37 heavy (non-hydrogen) atoms. The van der Waals surface area contributed by atoms with E-state index in [2.05, 4.69) is 5.32 Å². The smallest absolute Gasteiger partial charge is 0.410 e. The Morgan fingerprint density at radius 3 is 2.27 bits per heavy atom. The molecule has 0 atom stereocenters. The number of hydrogen-bond acceptors (Lipinski definition) is 6. The minimum absolute atomic E-state index is 0.0476. The summed E-state index contributed by atoms with van der Waals surface area (Å²) in [7, 11) is -2.92. The van der Waals surface area contributed by atoms with Gasteiger partial charge in [-0.3, -0.25) is 13.9 Å². The van der Waals surface area contributed by atoms with E-state index in [-0.39, 0.29) is 29.4 Å². The van der Waals surface area contributed by atoms with Gasteiger partial charge in [0.25, 0.3) is 10.0 Å². The van der Waals surface area contributed by atoms with Crippen LogP contribution in [0.5, 0.6) is 0 Å². The zero-order valence-electron chi connectivity index (χ0n) is 19.7. The highest BCUT2D eigenvalue weighted by atomic mass is 35.5. The van der Waals surface area contributed by atoms with E-state index in [0.717, 1.165) is 14.8 Å². The van der Waals surface area contributed by atoms with E-state index in [0.29, 0.717) is 5.02 Å². The van der Waals surface area contributed by atoms with Crippen molar-refractivity contribution in [2.75, 3.05) is 29.8 Å². The summed E-state index contributed by atoms with van der Waals surface area (Å²) in [4.78, 5) is 36.9. The van der Waals surface area contributed by atoms with Crippen molar-refractivity contribution in [3.05, 3.63) is 89.4 Å². The Bertz CT molecular complexity index is 1370. The third kappa shape index (κ3) is 7.69. The molecular formula is C25H24ClN3O7S. The highest BCUT2D eigenvalue weighted by molar-refractivity contribution is 7.92. The zero-order valence-corrected chi connectivity index (χ0v) is 21.3. The summed E-state index contributed by atoms with van der Waals surface area (Å²) in [5.74, 6) is -1.95. The summed E-state index contributed by atoms with van der Waals surface area (Å²) >= 11 is 5.87. The predicted octanol–water partition coefficient (Wildman–Crippen LogP) is 3.83. The van der Waals surface area contributed by atoms with Crippen molar-refractivity contribution in [2.45, 2.75) is 11.5 Å². The molecule has 194 valence electrons. The summed E-state index contributed by atoms with van der Waals surface area (Å²) < 4.78 is 32.5. The number of rotatable bonds is 10. The number of halogens is 1. The SMILES string of the molecule is CN(CC(=O)Nc1cccc(S(=O)(=O)N(CC(=O)O)c2ccc(Cl)cc2)c1)C(=O)OCc1ccccc1. The van der Waals surface area contributed by atoms with E-state index in [1.165, 1.54) is 55.6 Å². The lowest BCUT2D eigenvalue weighted by molar-refractivity contribution is -0.135. The second-order valence-electron chi connectivity index (χ2n) is 7.85. The number of anilines is 2. The first kappa shape index (κ1) is 27.5. The molecule has 0 aromatic heterocycles. The molecule has 3 aromatic carbocycles. The monoisotopic (exact) mass is 545 g/mol. The largest absolute Gasteiger partial charge is 0.480 e. The van der Waals surface area contributed by atoms with Crippen LogP contribution >= 0.6 is 11.6 Å². The topological polar surface area (TPSA) is 133 Å². The Kier molecular flexibility index (Phi) is 9.10. The molecule has 0 aliphatic rings. The lowest BCUT2D eigenvalue weighted by Crippen LogP contribution is -2.36. The van der Waals surface area contributed by atoms with Crippen LogP contribution in [0.25, 0.3) is 0 Å². The quantitative estimate of drug-likeness (QED) is 0.395. The van der Waals surface area contributed by atoms with Crippen molar-refractivity contribution in [1.29, 1.82) is 0 Å². The van der Waals surface area contributed by atoms with Gasteiger partial charge in [0.1, 0.15) is 19.7 Å². The Labute approximate surface area is 219 Å². The predicted molar refractivity (Wildman–Crippen MR) is 138 cm³/mol. The van der Waals surface area contributed by atoms with Crippen molar-refractivity contribution in [3.8, 4) is 0 Å². The maximum Gasteiger partial charge on any atom is 0.410 e. The van der Waals surface area contributed by atoms with E-state index in [9.17, 15) is 27.9 Å². The lowest BCUT2D eigenvalue weighted by Gasteiger charge is -2.23. The number of likely N-dealkylation sites (N-methyl/N-ethyl adjacent to an activating group) is 1. The molecule has 0 aliphatic heterocycles. The molecule has 0 fully saturated rings. The second-order valence-corrected chi connectivity index (χ2v) is 10.2. The van der Waals surface area contributed by atoms with Crippen LogP contribution < -0.4 is 9.62 Å². The molecule has 0 heterocycles. The first-order valence-electron chi connectivity index (χ1n) is 10.9. The Hall–Kier alpha value is -4.09. The molecule has 0 bridgehead atoms. The molecular weight excluding hydrogens is 522 g/mol. The van der Waals surface area contributed by atoms with Gasteiger partial charge in [0.05, 0.1) is 10.6 Å². The fourth-order valence-corrected chi connectivity index (χ4v) is 4.80. The molecule has 2 N–H and O–H groups in total. The van der Waals surface area contributed by atoms with Gasteiger partial charge in [-0.15, -0.1) is 0 Å². The third-order valence-corrected chi connectivity index (χ3v) is 7.02.